The molecular formula is C39H52FN. The van der Waals surface area contributed by atoms with Crippen molar-refractivity contribution in [2.24, 2.45) is 0 Å². The van der Waals surface area contributed by atoms with Gasteiger partial charge in [0.1, 0.15) is 5.82 Å². The molecule has 1 N–H and O–H groups in total. The molecule has 0 aliphatic heterocycles. The number of nitrogens with one attached hydrogen (secondary N) is 1. The van der Waals surface area contributed by atoms with Crippen molar-refractivity contribution in [3.05, 3.63) is 150 Å². The van der Waals surface area contributed by atoms with Crippen LogP contribution in [0, 0.1) is 12.7 Å². The van der Waals surface area contributed by atoms with Crippen LogP contribution in [0.5, 0.6) is 0 Å². The maximum atomic E-state index is 15.2. The molecule has 0 aromatic heterocycles. The van der Waals surface area contributed by atoms with E-state index in [1.807, 2.05) is 45.9 Å². The fourth-order valence-electron chi connectivity index (χ4n) is 4.60. The molecule has 2 aromatic carbocycles. The van der Waals surface area contributed by atoms with Crippen LogP contribution < -0.4 is 5.32 Å². The number of halogens is 1. The molecule has 1 unspecified atom stereocenters. The first-order valence-electron chi connectivity index (χ1n) is 15.0. The Morgan fingerprint density at radius 2 is 1.56 bits per heavy atom. The fraction of sp³-hybridized carbons (Fsp3) is 0.333. The quantitative estimate of drug-likeness (QED) is 0.204. The molecule has 1 atom stereocenters. The third-order valence-corrected chi connectivity index (χ3v) is 6.85. The zero-order valence-electron chi connectivity index (χ0n) is 26.5. The van der Waals surface area contributed by atoms with E-state index in [0.717, 1.165) is 71.3 Å². The van der Waals surface area contributed by atoms with Crippen LogP contribution in [0.25, 0.3) is 5.57 Å². The molecule has 41 heavy (non-hydrogen) atoms. The highest BCUT2D eigenvalue weighted by atomic mass is 19.1. The molecule has 2 heteroatoms. The smallest absolute Gasteiger partial charge is 0.127 e. The Hall–Kier alpha value is -3.65. The second-order valence-electron chi connectivity index (χ2n) is 10.4. The van der Waals surface area contributed by atoms with E-state index in [1.165, 1.54) is 11.1 Å². The van der Waals surface area contributed by atoms with Gasteiger partial charge in [-0.25, -0.2) is 4.39 Å². The average molecular weight is 554 g/mol. The van der Waals surface area contributed by atoms with Crippen LogP contribution in [0.3, 0.4) is 0 Å². The minimum atomic E-state index is -0.163. The van der Waals surface area contributed by atoms with Crippen molar-refractivity contribution in [3.63, 3.8) is 0 Å². The number of benzene rings is 2. The van der Waals surface area contributed by atoms with Crippen molar-refractivity contribution in [2.45, 2.75) is 86.0 Å². The van der Waals surface area contributed by atoms with E-state index < -0.39 is 0 Å². The molecule has 0 saturated carbocycles. The third kappa shape index (κ3) is 13.0. The number of allylic oxidation sites excluding steroid dienone is 9. The summed E-state index contributed by atoms with van der Waals surface area (Å²) in [6, 6.07) is 13.9. The van der Waals surface area contributed by atoms with Gasteiger partial charge in [-0.1, -0.05) is 131 Å². The van der Waals surface area contributed by atoms with Crippen LogP contribution in [-0.4, -0.2) is 0 Å². The van der Waals surface area contributed by atoms with Gasteiger partial charge in [-0.2, -0.15) is 0 Å². The van der Waals surface area contributed by atoms with Crippen molar-refractivity contribution in [1.29, 1.82) is 0 Å². The summed E-state index contributed by atoms with van der Waals surface area (Å²) in [5.41, 5.74) is 8.90. The van der Waals surface area contributed by atoms with E-state index in [1.54, 1.807) is 12.1 Å². The molecule has 0 aliphatic carbocycles. The number of hydrogen-bond acceptors (Lipinski definition) is 1. The predicted octanol–water partition coefficient (Wildman–Crippen LogP) is 11.7. The van der Waals surface area contributed by atoms with Crippen molar-refractivity contribution < 1.29 is 4.39 Å². The van der Waals surface area contributed by atoms with Crippen molar-refractivity contribution in [1.82, 2.24) is 5.32 Å². The van der Waals surface area contributed by atoms with Crippen molar-refractivity contribution in [3.8, 4) is 0 Å². The molecule has 1 nitrogen and oxygen atoms in total. The Morgan fingerprint density at radius 1 is 0.902 bits per heavy atom. The highest BCUT2D eigenvalue weighted by Gasteiger charge is 2.20. The molecule has 0 bridgehead atoms. The predicted molar refractivity (Wildman–Crippen MR) is 181 cm³/mol. The van der Waals surface area contributed by atoms with Gasteiger partial charge in [-0.3, -0.25) is 0 Å². The Bertz CT molecular complexity index is 1240. The molecule has 0 aliphatic rings. The normalized spacial score (nSPS) is 12.1. The van der Waals surface area contributed by atoms with Gasteiger partial charge in [-0.05, 0) is 93.2 Å². The lowest BCUT2D eigenvalue weighted by atomic mass is 9.83. The van der Waals surface area contributed by atoms with E-state index in [2.05, 4.69) is 88.0 Å². The first-order chi connectivity index (χ1) is 19.6. The number of hydrogen-bond donors (Lipinski definition) is 1. The van der Waals surface area contributed by atoms with Crippen LogP contribution in [0.1, 0.15) is 94.9 Å². The Balaban J connectivity index is 0.00000411. The first-order valence-corrected chi connectivity index (χ1v) is 15.0. The van der Waals surface area contributed by atoms with Gasteiger partial charge in [0, 0.05) is 11.4 Å². The van der Waals surface area contributed by atoms with E-state index in [4.69, 9.17) is 0 Å². The number of rotatable bonds is 16. The third-order valence-electron chi connectivity index (χ3n) is 6.85. The van der Waals surface area contributed by atoms with Crippen LogP contribution in [0.4, 0.5) is 4.39 Å². The summed E-state index contributed by atoms with van der Waals surface area (Å²) in [5, 5.41) is 3.33. The summed E-state index contributed by atoms with van der Waals surface area (Å²) in [5.74, 6) is -0.124. The van der Waals surface area contributed by atoms with E-state index in [0.29, 0.717) is 6.42 Å². The summed E-state index contributed by atoms with van der Waals surface area (Å²) in [6.45, 7) is 28.8. The van der Waals surface area contributed by atoms with Gasteiger partial charge >= 0.3 is 0 Å². The maximum absolute atomic E-state index is 15.2. The van der Waals surface area contributed by atoms with Crippen LogP contribution >= 0.6 is 0 Å². The largest absolute Gasteiger partial charge is 0.360 e. The van der Waals surface area contributed by atoms with Gasteiger partial charge in [0.25, 0.3) is 0 Å². The minimum Gasteiger partial charge on any atom is -0.360 e. The highest BCUT2D eigenvalue weighted by molar-refractivity contribution is 5.65. The van der Waals surface area contributed by atoms with Gasteiger partial charge < -0.3 is 5.32 Å². The summed E-state index contributed by atoms with van der Waals surface area (Å²) in [4.78, 5) is 0. The summed E-state index contributed by atoms with van der Waals surface area (Å²) >= 11 is 0. The molecule has 0 saturated heterocycles. The van der Waals surface area contributed by atoms with Gasteiger partial charge in [-0.15, -0.1) is 0 Å². The Kier molecular flexibility index (Phi) is 16.8. The molecule has 0 spiro atoms. The van der Waals surface area contributed by atoms with Crippen LogP contribution in [0.15, 0.2) is 122 Å². The van der Waals surface area contributed by atoms with Crippen LogP contribution in [-0.2, 0) is 6.42 Å². The standard InChI is InChI=1S/C37H46FN.C2H6/c1-9-12-28(5)15-20-32(10-2)23-18-30(7)39-31(8)19-25-34(26-24-33-21-16-29(6)17-22-33)37-35(27(3)4)13-11-14-36(37)38;1-2/h10-11,13-18,20-23,34,39H,3,5,7-9,12,19,24-26H2,1-2,4,6H3;1-2H3/b20-15+,23-18-,32-10-;. The molecule has 2 rings (SSSR count). The Morgan fingerprint density at radius 3 is 2.17 bits per heavy atom. The monoisotopic (exact) mass is 553 g/mol. The summed E-state index contributed by atoms with van der Waals surface area (Å²) < 4.78 is 15.2. The SMILES string of the molecule is C=C(/C=C/C(/C=C\C(=C)NC(=C)CCC(CCc1ccc(C)cc1)c1c(F)cccc1C(=C)C)=C/C)CCC.CC. The topological polar surface area (TPSA) is 12.0 Å². The lowest BCUT2D eigenvalue weighted by Gasteiger charge is -2.23. The first kappa shape index (κ1) is 35.4. The highest BCUT2D eigenvalue weighted by Crippen LogP contribution is 2.35. The molecular weight excluding hydrogens is 501 g/mol. The summed E-state index contributed by atoms with van der Waals surface area (Å²) in [7, 11) is 0. The minimum absolute atomic E-state index is 0.0394. The molecule has 0 amide bonds. The molecule has 2 aromatic rings. The second kappa shape index (κ2) is 19.4. The Labute approximate surface area is 250 Å². The van der Waals surface area contributed by atoms with Crippen molar-refractivity contribution in [2.75, 3.05) is 0 Å². The fourth-order valence-corrected chi connectivity index (χ4v) is 4.60. The van der Waals surface area contributed by atoms with Gasteiger partial charge in [0.05, 0.1) is 0 Å². The summed E-state index contributed by atoms with van der Waals surface area (Å²) in [6.07, 6.45) is 15.5. The maximum Gasteiger partial charge on any atom is 0.127 e. The molecule has 0 radical (unpaired) electrons. The van der Waals surface area contributed by atoms with E-state index in [9.17, 15) is 0 Å². The van der Waals surface area contributed by atoms with E-state index in [-0.39, 0.29) is 11.7 Å². The lowest BCUT2D eigenvalue weighted by molar-refractivity contribution is 0.523. The van der Waals surface area contributed by atoms with E-state index >= 15 is 4.39 Å². The molecule has 0 heterocycles. The van der Waals surface area contributed by atoms with Crippen molar-refractivity contribution >= 4 is 5.57 Å². The molecule has 220 valence electrons. The second-order valence-corrected chi connectivity index (χ2v) is 10.4. The molecule has 0 fully saturated rings. The zero-order chi connectivity index (χ0) is 30.8. The lowest BCUT2D eigenvalue weighted by Crippen LogP contribution is -2.12. The van der Waals surface area contributed by atoms with Gasteiger partial charge in [0.15, 0.2) is 0 Å². The van der Waals surface area contributed by atoms with Gasteiger partial charge in [0.2, 0.25) is 0 Å². The zero-order valence-corrected chi connectivity index (χ0v) is 26.5. The van der Waals surface area contributed by atoms with Crippen LogP contribution in [0.2, 0.25) is 0 Å². The average Bonchev–Trinajstić information content (AvgIpc) is 2.95. The number of aryl methyl sites for hydroxylation is 2.